The van der Waals surface area contributed by atoms with Gasteiger partial charge in [-0.05, 0) is 13.0 Å². The molecule has 11 heavy (non-hydrogen) atoms. The van der Waals surface area contributed by atoms with Crippen LogP contribution in [-0.2, 0) is 9.47 Å². The zero-order valence-corrected chi connectivity index (χ0v) is 6.74. The van der Waals surface area contributed by atoms with Crippen LogP contribution in [-0.4, -0.2) is 25.9 Å². The molecule has 4 heteroatoms. The van der Waals surface area contributed by atoms with E-state index < -0.39 is 6.09 Å². The van der Waals surface area contributed by atoms with Crippen molar-refractivity contribution in [1.82, 2.24) is 0 Å². The SMILES string of the molecule is COC/C=C/[C@H](C)OC(N)=O. The highest BCUT2D eigenvalue weighted by Crippen LogP contribution is 1.91. The van der Waals surface area contributed by atoms with Crippen molar-refractivity contribution in [3.05, 3.63) is 12.2 Å². The van der Waals surface area contributed by atoms with Crippen LogP contribution in [0.2, 0.25) is 0 Å². The molecule has 0 aliphatic heterocycles. The maximum absolute atomic E-state index is 10.2. The number of hydrogen-bond acceptors (Lipinski definition) is 3. The van der Waals surface area contributed by atoms with Gasteiger partial charge in [-0.1, -0.05) is 6.08 Å². The number of amides is 1. The summed E-state index contributed by atoms with van der Waals surface area (Å²) in [6.45, 7) is 2.23. The third-order valence-corrected chi connectivity index (χ3v) is 0.972. The summed E-state index contributed by atoms with van der Waals surface area (Å²) in [5, 5.41) is 0. The molecule has 1 amide bonds. The summed E-state index contributed by atoms with van der Waals surface area (Å²) in [6.07, 6.45) is 2.41. The molecule has 0 aromatic carbocycles. The van der Waals surface area contributed by atoms with Gasteiger partial charge in [-0.2, -0.15) is 0 Å². The van der Waals surface area contributed by atoms with Gasteiger partial charge in [0, 0.05) is 7.11 Å². The van der Waals surface area contributed by atoms with E-state index in [9.17, 15) is 4.79 Å². The maximum Gasteiger partial charge on any atom is 0.405 e. The average molecular weight is 159 g/mol. The molecular formula is C7H13NO3. The van der Waals surface area contributed by atoms with Crippen molar-refractivity contribution in [2.45, 2.75) is 13.0 Å². The minimum Gasteiger partial charge on any atom is -0.442 e. The zero-order valence-electron chi connectivity index (χ0n) is 6.74. The van der Waals surface area contributed by atoms with Gasteiger partial charge in [0.1, 0.15) is 6.10 Å². The van der Waals surface area contributed by atoms with Crippen molar-refractivity contribution in [1.29, 1.82) is 0 Å². The van der Waals surface area contributed by atoms with Gasteiger partial charge in [0.15, 0.2) is 0 Å². The molecule has 2 N–H and O–H groups in total. The van der Waals surface area contributed by atoms with Crippen LogP contribution >= 0.6 is 0 Å². The van der Waals surface area contributed by atoms with E-state index in [2.05, 4.69) is 4.74 Å². The number of rotatable bonds is 4. The van der Waals surface area contributed by atoms with Crippen molar-refractivity contribution >= 4 is 6.09 Å². The van der Waals surface area contributed by atoms with Crippen LogP contribution in [0.4, 0.5) is 4.79 Å². The largest absolute Gasteiger partial charge is 0.442 e. The first-order chi connectivity index (χ1) is 5.16. The van der Waals surface area contributed by atoms with Gasteiger partial charge >= 0.3 is 6.09 Å². The van der Waals surface area contributed by atoms with Gasteiger partial charge in [0.2, 0.25) is 0 Å². The molecule has 0 heterocycles. The standard InChI is InChI=1S/C7H13NO3/c1-6(11-7(8)9)4-3-5-10-2/h3-4,6H,5H2,1-2H3,(H2,8,9)/b4-3+/t6-/m0/s1. The van der Waals surface area contributed by atoms with Crippen molar-refractivity contribution < 1.29 is 14.3 Å². The molecule has 0 aromatic heterocycles. The van der Waals surface area contributed by atoms with Crippen LogP contribution in [0.5, 0.6) is 0 Å². The Morgan fingerprint density at radius 3 is 2.82 bits per heavy atom. The van der Waals surface area contributed by atoms with Crippen LogP contribution in [0.25, 0.3) is 0 Å². The first kappa shape index (κ1) is 9.97. The highest BCUT2D eigenvalue weighted by atomic mass is 16.6. The topological polar surface area (TPSA) is 61.6 Å². The number of methoxy groups -OCH3 is 1. The van der Waals surface area contributed by atoms with Gasteiger partial charge in [0.25, 0.3) is 0 Å². The summed E-state index contributed by atoms with van der Waals surface area (Å²) in [7, 11) is 1.59. The Bertz CT molecular complexity index is 145. The van der Waals surface area contributed by atoms with Crippen molar-refractivity contribution in [2.24, 2.45) is 5.73 Å². The third-order valence-electron chi connectivity index (χ3n) is 0.972. The predicted octanol–water partition coefficient (Wildman–Crippen LogP) is 0.673. The van der Waals surface area contributed by atoms with E-state index in [0.29, 0.717) is 6.61 Å². The molecule has 64 valence electrons. The first-order valence-corrected chi connectivity index (χ1v) is 3.28. The Hall–Kier alpha value is -1.03. The minimum atomic E-state index is -0.764. The summed E-state index contributed by atoms with van der Waals surface area (Å²) in [6, 6.07) is 0. The molecule has 0 aliphatic rings. The fraction of sp³-hybridized carbons (Fsp3) is 0.571. The molecule has 0 bridgehead atoms. The van der Waals surface area contributed by atoms with E-state index >= 15 is 0 Å². The van der Waals surface area contributed by atoms with E-state index in [1.165, 1.54) is 0 Å². The van der Waals surface area contributed by atoms with Gasteiger partial charge in [-0.3, -0.25) is 0 Å². The fourth-order valence-corrected chi connectivity index (χ4v) is 0.566. The van der Waals surface area contributed by atoms with Gasteiger partial charge in [-0.15, -0.1) is 0 Å². The lowest BCUT2D eigenvalue weighted by Gasteiger charge is -2.04. The normalized spacial score (nSPS) is 13.3. The second-order valence-corrected chi connectivity index (χ2v) is 2.03. The Morgan fingerprint density at radius 2 is 2.36 bits per heavy atom. The monoisotopic (exact) mass is 159 g/mol. The molecule has 0 fully saturated rings. The van der Waals surface area contributed by atoms with Crippen molar-refractivity contribution in [3.8, 4) is 0 Å². The van der Waals surface area contributed by atoms with Crippen LogP contribution in [0.15, 0.2) is 12.2 Å². The van der Waals surface area contributed by atoms with E-state index in [4.69, 9.17) is 10.5 Å². The predicted molar refractivity (Wildman–Crippen MR) is 41.1 cm³/mol. The second kappa shape index (κ2) is 5.73. The van der Waals surface area contributed by atoms with E-state index in [0.717, 1.165) is 0 Å². The molecule has 0 saturated heterocycles. The molecule has 1 atom stereocenters. The van der Waals surface area contributed by atoms with Gasteiger partial charge < -0.3 is 15.2 Å². The third kappa shape index (κ3) is 6.86. The number of carbonyl (C=O) groups is 1. The van der Waals surface area contributed by atoms with Crippen molar-refractivity contribution in [3.63, 3.8) is 0 Å². The molecular weight excluding hydrogens is 146 g/mol. The van der Waals surface area contributed by atoms with E-state index in [1.54, 1.807) is 26.2 Å². The Balaban J connectivity index is 3.50. The summed E-state index contributed by atoms with van der Waals surface area (Å²) >= 11 is 0. The van der Waals surface area contributed by atoms with Crippen LogP contribution in [0, 0.1) is 0 Å². The molecule has 0 aliphatic carbocycles. The van der Waals surface area contributed by atoms with E-state index in [1.807, 2.05) is 0 Å². The Morgan fingerprint density at radius 1 is 1.73 bits per heavy atom. The highest BCUT2D eigenvalue weighted by molar-refractivity contribution is 5.64. The lowest BCUT2D eigenvalue weighted by molar-refractivity contribution is 0.136. The van der Waals surface area contributed by atoms with Gasteiger partial charge in [0.05, 0.1) is 6.61 Å². The zero-order chi connectivity index (χ0) is 8.69. The smallest absolute Gasteiger partial charge is 0.405 e. The lowest BCUT2D eigenvalue weighted by Crippen LogP contribution is -2.18. The van der Waals surface area contributed by atoms with Crippen LogP contribution in [0.1, 0.15) is 6.92 Å². The highest BCUT2D eigenvalue weighted by Gasteiger charge is 1.98. The number of hydrogen-bond donors (Lipinski definition) is 1. The molecule has 0 aromatic rings. The lowest BCUT2D eigenvalue weighted by atomic mass is 10.3. The van der Waals surface area contributed by atoms with E-state index in [-0.39, 0.29) is 6.10 Å². The van der Waals surface area contributed by atoms with Gasteiger partial charge in [-0.25, -0.2) is 4.79 Å². The number of ether oxygens (including phenoxy) is 2. The minimum absolute atomic E-state index is 0.289. The molecule has 4 nitrogen and oxygen atoms in total. The molecule has 0 spiro atoms. The number of primary amides is 1. The first-order valence-electron chi connectivity index (χ1n) is 3.28. The van der Waals surface area contributed by atoms with Crippen LogP contribution < -0.4 is 5.73 Å². The maximum atomic E-state index is 10.2. The molecule has 0 radical (unpaired) electrons. The number of carbonyl (C=O) groups excluding carboxylic acids is 1. The second-order valence-electron chi connectivity index (χ2n) is 2.03. The Labute approximate surface area is 66.0 Å². The summed E-state index contributed by atoms with van der Waals surface area (Å²) in [4.78, 5) is 10.2. The fourth-order valence-electron chi connectivity index (χ4n) is 0.566. The Kier molecular flexibility index (Phi) is 5.20. The molecule has 0 rings (SSSR count). The average Bonchev–Trinajstić information content (AvgIpc) is 1.86. The summed E-state index contributed by atoms with van der Waals surface area (Å²) in [5.41, 5.74) is 4.77. The molecule has 0 unspecified atom stereocenters. The van der Waals surface area contributed by atoms with Crippen LogP contribution in [0.3, 0.4) is 0 Å². The quantitative estimate of drug-likeness (QED) is 0.613. The molecule has 0 saturated carbocycles. The summed E-state index contributed by atoms with van der Waals surface area (Å²) in [5.74, 6) is 0. The number of nitrogens with two attached hydrogens (primary N) is 1. The van der Waals surface area contributed by atoms with Crippen molar-refractivity contribution in [2.75, 3.05) is 13.7 Å². The summed E-state index contributed by atoms with van der Waals surface area (Å²) < 4.78 is 9.33.